The van der Waals surface area contributed by atoms with E-state index in [0.717, 1.165) is 25.7 Å². The zero-order chi connectivity index (χ0) is 15.7. The Morgan fingerprint density at radius 3 is 2.14 bits per heavy atom. The molecule has 0 aromatic heterocycles. The van der Waals surface area contributed by atoms with E-state index in [9.17, 15) is 14.4 Å². The normalized spacial score (nSPS) is 24.9. The molecule has 1 aliphatic heterocycles. The average Bonchev–Trinajstić information content (AvgIpc) is 2.46. The first-order valence-corrected chi connectivity index (χ1v) is 8.06. The fourth-order valence-electron chi connectivity index (χ4n) is 3.69. The molecule has 118 valence electrons. The molecule has 1 saturated carbocycles. The van der Waals surface area contributed by atoms with Crippen molar-refractivity contribution < 1.29 is 14.4 Å². The van der Waals surface area contributed by atoms with Gasteiger partial charge in [-0.3, -0.25) is 19.8 Å². The molecule has 2 rings (SSSR count). The van der Waals surface area contributed by atoms with E-state index in [4.69, 9.17) is 0 Å². The van der Waals surface area contributed by atoms with Gasteiger partial charge in [0.1, 0.15) is 5.41 Å². The molecule has 0 aromatic rings. The lowest BCUT2D eigenvalue weighted by molar-refractivity contribution is -0.153. The first-order valence-electron chi connectivity index (χ1n) is 8.06. The maximum Gasteiger partial charge on any atom is 0.330 e. The summed E-state index contributed by atoms with van der Waals surface area (Å²) in [5, 5.41) is 2.39. The summed E-state index contributed by atoms with van der Waals surface area (Å²) < 4.78 is 0. The predicted octanol–water partition coefficient (Wildman–Crippen LogP) is 2.84. The SMILES string of the molecule is CCC1(CC)C(=O)NC(=O)N(CC2(C)CCCCC2)C1=O. The van der Waals surface area contributed by atoms with Crippen LogP contribution in [0.3, 0.4) is 0 Å². The fourth-order valence-corrected chi connectivity index (χ4v) is 3.69. The second-order valence-electron chi connectivity index (χ2n) is 6.81. The van der Waals surface area contributed by atoms with E-state index in [1.54, 1.807) is 0 Å². The van der Waals surface area contributed by atoms with Crippen LogP contribution in [0.15, 0.2) is 0 Å². The van der Waals surface area contributed by atoms with E-state index < -0.39 is 17.4 Å². The molecule has 0 aromatic carbocycles. The molecule has 0 unspecified atom stereocenters. The Morgan fingerprint density at radius 1 is 1.05 bits per heavy atom. The van der Waals surface area contributed by atoms with E-state index in [2.05, 4.69) is 12.2 Å². The number of carbonyl (C=O) groups is 3. The van der Waals surface area contributed by atoms with Gasteiger partial charge in [0.2, 0.25) is 11.8 Å². The van der Waals surface area contributed by atoms with Crippen molar-refractivity contribution in [1.29, 1.82) is 0 Å². The van der Waals surface area contributed by atoms with Crippen molar-refractivity contribution in [2.24, 2.45) is 10.8 Å². The molecule has 21 heavy (non-hydrogen) atoms. The van der Waals surface area contributed by atoms with Gasteiger partial charge in [-0.05, 0) is 31.1 Å². The number of nitrogens with zero attached hydrogens (tertiary/aromatic N) is 1. The molecule has 1 aliphatic carbocycles. The van der Waals surface area contributed by atoms with Gasteiger partial charge in [0.05, 0.1) is 0 Å². The van der Waals surface area contributed by atoms with Gasteiger partial charge in [-0.2, -0.15) is 0 Å². The summed E-state index contributed by atoms with van der Waals surface area (Å²) in [5.74, 6) is -0.749. The van der Waals surface area contributed by atoms with Gasteiger partial charge in [-0.25, -0.2) is 4.79 Å². The summed E-state index contributed by atoms with van der Waals surface area (Å²) in [6.45, 7) is 6.23. The predicted molar refractivity (Wildman–Crippen MR) is 79.5 cm³/mol. The van der Waals surface area contributed by atoms with Gasteiger partial charge in [0.15, 0.2) is 0 Å². The molecule has 2 aliphatic rings. The van der Waals surface area contributed by atoms with Crippen LogP contribution in [0.25, 0.3) is 0 Å². The van der Waals surface area contributed by atoms with Crippen LogP contribution in [0.4, 0.5) is 4.79 Å². The highest BCUT2D eigenvalue weighted by Crippen LogP contribution is 2.39. The summed E-state index contributed by atoms with van der Waals surface area (Å²) >= 11 is 0. The van der Waals surface area contributed by atoms with Crippen LogP contribution >= 0.6 is 0 Å². The van der Waals surface area contributed by atoms with Gasteiger partial charge in [-0.1, -0.05) is 40.0 Å². The van der Waals surface area contributed by atoms with Gasteiger partial charge >= 0.3 is 6.03 Å². The molecule has 1 heterocycles. The Hall–Kier alpha value is -1.39. The smallest absolute Gasteiger partial charge is 0.277 e. The van der Waals surface area contributed by atoms with Crippen LogP contribution in [-0.4, -0.2) is 29.3 Å². The summed E-state index contributed by atoms with van der Waals surface area (Å²) in [7, 11) is 0. The quantitative estimate of drug-likeness (QED) is 0.811. The number of barbiturate groups is 1. The number of rotatable bonds is 4. The fraction of sp³-hybridized carbons (Fsp3) is 0.812. The molecule has 0 radical (unpaired) electrons. The van der Waals surface area contributed by atoms with Gasteiger partial charge < -0.3 is 0 Å². The second kappa shape index (κ2) is 5.78. The van der Waals surface area contributed by atoms with Crippen molar-refractivity contribution >= 4 is 17.8 Å². The Balaban J connectivity index is 2.23. The molecule has 5 heteroatoms. The van der Waals surface area contributed by atoms with Crippen LogP contribution in [0, 0.1) is 10.8 Å². The largest absolute Gasteiger partial charge is 0.330 e. The maximum absolute atomic E-state index is 12.8. The third kappa shape index (κ3) is 2.70. The molecule has 0 atom stereocenters. The van der Waals surface area contributed by atoms with Crippen molar-refractivity contribution in [3.8, 4) is 0 Å². The number of hydrogen-bond donors (Lipinski definition) is 1. The molecular formula is C16H26N2O3. The summed E-state index contributed by atoms with van der Waals surface area (Å²) in [5.41, 5.74) is -1.09. The van der Waals surface area contributed by atoms with Crippen LogP contribution in [0.2, 0.25) is 0 Å². The minimum atomic E-state index is -1.07. The molecule has 5 nitrogen and oxygen atoms in total. The van der Waals surface area contributed by atoms with Crippen molar-refractivity contribution in [3.63, 3.8) is 0 Å². The highest BCUT2D eigenvalue weighted by molar-refractivity contribution is 6.19. The monoisotopic (exact) mass is 294 g/mol. The van der Waals surface area contributed by atoms with Crippen molar-refractivity contribution in [2.75, 3.05) is 6.54 Å². The standard InChI is InChI=1S/C16H26N2O3/c1-4-16(5-2)12(19)17-14(21)18(13(16)20)11-15(3)9-7-6-8-10-15/h4-11H2,1-3H3,(H,17,19,21). The van der Waals surface area contributed by atoms with Crippen molar-refractivity contribution in [1.82, 2.24) is 10.2 Å². The minimum absolute atomic E-state index is 0.0150. The van der Waals surface area contributed by atoms with E-state index in [0.29, 0.717) is 19.4 Å². The lowest BCUT2D eigenvalue weighted by atomic mass is 9.74. The van der Waals surface area contributed by atoms with Crippen LogP contribution in [0.5, 0.6) is 0 Å². The zero-order valence-electron chi connectivity index (χ0n) is 13.3. The number of carbonyl (C=O) groups excluding carboxylic acids is 3. The summed E-state index contributed by atoms with van der Waals surface area (Å²) in [6.07, 6.45) is 6.43. The molecule has 1 N–H and O–H groups in total. The van der Waals surface area contributed by atoms with Gasteiger partial charge in [0, 0.05) is 6.54 Å². The van der Waals surface area contributed by atoms with E-state index >= 15 is 0 Å². The number of urea groups is 1. The molecule has 0 spiro atoms. The highest BCUT2D eigenvalue weighted by atomic mass is 16.2. The molecule has 4 amide bonds. The van der Waals surface area contributed by atoms with Crippen LogP contribution < -0.4 is 5.32 Å². The van der Waals surface area contributed by atoms with E-state index in [1.807, 2.05) is 13.8 Å². The highest BCUT2D eigenvalue weighted by Gasteiger charge is 2.52. The lowest BCUT2D eigenvalue weighted by Crippen LogP contribution is -2.65. The third-order valence-electron chi connectivity index (χ3n) is 5.36. The van der Waals surface area contributed by atoms with Gasteiger partial charge in [-0.15, -0.1) is 0 Å². The molecule has 1 saturated heterocycles. The summed E-state index contributed by atoms with van der Waals surface area (Å²) in [6, 6.07) is -0.547. The Kier molecular flexibility index (Phi) is 4.40. The first-order chi connectivity index (χ1) is 9.88. The Bertz CT molecular complexity index is 448. The minimum Gasteiger partial charge on any atom is -0.277 e. The number of nitrogens with one attached hydrogen (secondary N) is 1. The molecular weight excluding hydrogens is 268 g/mol. The number of amides is 4. The molecule has 2 fully saturated rings. The summed E-state index contributed by atoms with van der Waals surface area (Å²) in [4.78, 5) is 38.3. The van der Waals surface area contributed by atoms with Gasteiger partial charge in [0.25, 0.3) is 0 Å². The molecule has 0 bridgehead atoms. The Labute approximate surface area is 126 Å². The number of hydrogen-bond acceptors (Lipinski definition) is 3. The Morgan fingerprint density at radius 2 is 1.62 bits per heavy atom. The van der Waals surface area contributed by atoms with Crippen molar-refractivity contribution in [2.45, 2.75) is 65.7 Å². The van der Waals surface area contributed by atoms with E-state index in [1.165, 1.54) is 11.3 Å². The third-order valence-corrected chi connectivity index (χ3v) is 5.36. The zero-order valence-corrected chi connectivity index (χ0v) is 13.3. The van der Waals surface area contributed by atoms with Crippen LogP contribution in [-0.2, 0) is 9.59 Å². The second-order valence-corrected chi connectivity index (χ2v) is 6.81. The lowest BCUT2D eigenvalue weighted by Gasteiger charge is -2.43. The number of imide groups is 2. The average molecular weight is 294 g/mol. The topological polar surface area (TPSA) is 66.5 Å². The maximum atomic E-state index is 12.8. The van der Waals surface area contributed by atoms with Crippen LogP contribution in [0.1, 0.15) is 65.7 Å². The first kappa shape index (κ1) is 16.0. The van der Waals surface area contributed by atoms with Crippen molar-refractivity contribution in [3.05, 3.63) is 0 Å². The van der Waals surface area contributed by atoms with E-state index in [-0.39, 0.29) is 11.3 Å².